The predicted octanol–water partition coefficient (Wildman–Crippen LogP) is 5.83. The Bertz CT molecular complexity index is 1270. The van der Waals surface area contributed by atoms with Crippen molar-refractivity contribution in [3.05, 3.63) is 63.7 Å². The molecule has 0 aliphatic heterocycles. The van der Waals surface area contributed by atoms with Gasteiger partial charge in [-0.25, -0.2) is 13.8 Å². The fraction of sp³-hybridized carbons (Fsp3) is 0.158. The van der Waals surface area contributed by atoms with Crippen LogP contribution in [0.3, 0.4) is 0 Å². The van der Waals surface area contributed by atoms with Gasteiger partial charge in [0, 0.05) is 12.1 Å². The van der Waals surface area contributed by atoms with Gasteiger partial charge in [-0.1, -0.05) is 35.3 Å². The molecule has 160 valence electrons. The number of hydrogen-bond acceptors (Lipinski definition) is 5. The molecule has 2 heterocycles. The van der Waals surface area contributed by atoms with E-state index in [0.717, 1.165) is 0 Å². The molecular formula is C19H10Cl2F4N4O2. The zero-order chi connectivity index (χ0) is 22.3. The van der Waals surface area contributed by atoms with E-state index >= 15 is 0 Å². The van der Waals surface area contributed by atoms with Gasteiger partial charge in [-0.2, -0.15) is 8.78 Å². The van der Waals surface area contributed by atoms with Crippen LogP contribution in [-0.2, 0) is 6.54 Å². The molecule has 0 aliphatic carbocycles. The maximum Gasteiger partial charge on any atom is 0.314 e. The second-order valence-corrected chi connectivity index (χ2v) is 7.20. The molecule has 6 nitrogen and oxygen atoms in total. The van der Waals surface area contributed by atoms with Gasteiger partial charge in [-0.3, -0.25) is 4.79 Å². The molecule has 0 amide bonds. The Morgan fingerprint density at radius 2 is 1.71 bits per heavy atom. The number of imidazole rings is 1. The first-order valence-corrected chi connectivity index (χ1v) is 9.38. The van der Waals surface area contributed by atoms with E-state index in [1.807, 2.05) is 0 Å². The largest absolute Gasteiger partial charge is 0.415 e. The zero-order valence-corrected chi connectivity index (χ0v) is 16.7. The van der Waals surface area contributed by atoms with Gasteiger partial charge in [0.1, 0.15) is 0 Å². The Hall–Kier alpha value is -2.98. The number of Topliss-reactive ketones (excluding diaryl/α,β-unsaturated/α-hetero) is 1. The summed E-state index contributed by atoms with van der Waals surface area (Å²) in [7, 11) is 0. The molecule has 0 radical (unpaired) electrons. The minimum atomic E-state index is -3.24. The van der Waals surface area contributed by atoms with Crippen LogP contribution < -0.4 is 0 Å². The molecule has 0 bridgehead atoms. The van der Waals surface area contributed by atoms with Crippen molar-refractivity contribution in [2.24, 2.45) is 0 Å². The third-order valence-electron chi connectivity index (χ3n) is 4.38. The predicted molar refractivity (Wildman–Crippen MR) is 104 cm³/mol. The lowest BCUT2D eigenvalue weighted by Gasteiger charge is -2.09. The number of benzene rings is 2. The SMILES string of the molecule is O=C(c1nc2cc(Cl)c(Cl)cc2n1Cc1ccc(-c2nnc(C(F)F)o2)cc1)C(F)F. The Balaban J connectivity index is 1.71. The molecule has 12 heteroatoms. The van der Waals surface area contributed by atoms with Crippen molar-refractivity contribution in [2.45, 2.75) is 19.4 Å². The van der Waals surface area contributed by atoms with E-state index < -0.39 is 30.3 Å². The number of carbonyl (C=O) groups excluding carboxylic acids is 1. The van der Waals surface area contributed by atoms with E-state index in [0.29, 0.717) is 16.6 Å². The van der Waals surface area contributed by atoms with Gasteiger partial charge in [0.25, 0.3) is 11.7 Å². The molecule has 0 unspecified atom stereocenters. The van der Waals surface area contributed by atoms with E-state index in [9.17, 15) is 22.4 Å². The van der Waals surface area contributed by atoms with Crippen LogP contribution in [0.1, 0.15) is 28.5 Å². The molecule has 4 rings (SSSR count). The summed E-state index contributed by atoms with van der Waals surface area (Å²) < 4.78 is 57.6. The van der Waals surface area contributed by atoms with Gasteiger partial charge < -0.3 is 8.98 Å². The first-order valence-electron chi connectivity index (χ1n) is 8.63. The Labute approximate surface area is 181 Å². The van der Waals surface area contributed by atoms with Crippen molar-refractivity contribution in [3.8, 4) is 11.5 Å². The highest BCUT2D eigenvalue weighted by Gasteiger charge is 2.26. The highest BCUT2D eigenvalue weighted by atomic mass is 35.5. The molecule has 0 N–H and O–H groups in total. The molecule has 0 saturated heterocycles. The molecule has 0 spiro atoms. The first-order chi connectivity index (χ1) is 14.7. The van der Waals surface area contributed by atoms with Gasteiger partial charge in [-0.05, 0) is 29.8 Å². The van der Waals surface area contributed by atoms with Crippen molar-refractivity contribution < 1.29 is 26.8 Å². The van der Waals surface area contributed by atoms with Crippen molar-refractivity contribution in [2.75, 3.05) is 0 Å². The molecular weight excluding hydrogens is 463 g/mol. The van der Waals surface area contributed by atoms with E-state index in [1.165, 1.54) is 28.8 Å². The lowest BCUT2D eigenvalue weighted by molar-refractivity contribution is 0.0663. The summed E-state index contributed by atoms with van der Waals surface area (Å²) in [5.74, 6) is -2.77. The zero-order valence-electron chi connectivity index (χ0n) is 15.2. The van der Waals surface area contributed by atoms with Crippen molar-refractivity contribution in [1.29, 1.82) is 0 Å². The summed E-state index contributed by atoms with van der Waals surface area (Å²) in [4.78, 5) is 16.0. The summed E-state index contributed by atoms with van der Waals surface area (Å²) in [6.45, 7) is 0.00858. The van der Waals surface area contributed by atoms with Crippen LogP contribution in [0.2, 0.25) is 10.0 Å². The molecule has 0 saturated carbocycles. The minimum Gasteiger partial charge on any atom is -0.415 e. The molecule has 31 heavy (non-hydrogen) atoms. The maximum absolute atomic E-state index is 13.1. The summed E-state index contributed by atoms with van der Waals surface area (Å²) >= 11 is 12.0. The van der Waals surface area contributed by atoms with E-state index in [-0.39, 0.29) is 28.0 Å². The monoisotopic (exact) mass is 472 g/mol. The highest BCUT2D eigenvalue weighted by Crippen LogP contribution is 2.30. The third-order valence-corrected chi connectivity index (χ3v) is 5.10. The van der Waals surface area contributed by atoms with Gasteiger partial charge in [0.15, 0.2) is 5.82 Å². The first kappa shape index (κ1) is 21.3. The molecule has 2 aromatic heterocycles. The topological polar surface area (TPSA) is 73.8 Å². The average molecular weight is 473 g/mol. The van der Waals surface area contributed by atoms with Gasteiger partial charge in [0.05, 0.1) is 21.1 Å². The highest BCUT2D eigenvalue weighted by molar-refractivity contribution is 6.42. The molecule has 0 atom stereocenters. The lowest BCUT2D eigenvalue weighted by Crippen LogP contribution is -2.17. The second-order valence-electron chi connectivity index (χ2n) is 6.38. The second kappa shape index (κ2) is 8.27. The molecule has 2 aromatic carbocycles. The summed E-state index contributed by atoms with van der Waals surface area (Å²) in [6.07, 6.45) is -6.13. The number of ketones is 1. The van der Waals surface area contributed by atoms with Crippen LogP contribution in [0.15, 0.2) is 40.8 Å². The van der Waals surface area contributed by atoms with E-state index in [4.69, 9.17) is 27.6 Å². The molecule has 4 aromatic rings. The Morgan fingerprint density at radius 1 is 1.03 bits per heavy atom. The number of carbonyl (C=O) groups is 1. The van der Waals surface area contributed by atoms with Crippen molar-refractivity contribution >= 4 is 40.0 Å². The van der Waals surface area contributed by atoms with Crippen molar-refractivity contribution in [3.63, 3.8) is 0 Å². The van der Waals surface area contributed by atoms with Crippen LogP contribution in [0.25, 0.3) is 22.5 Å². The quantitative estimate of drug-likeness (QED) is 0.261. The van der Waals surface area contributed by atoms with Gasteiger partial charge in [0.2, 0.25) is 5.89 Å². The maximum atomic E-state index is 13.1. The average Bonchev–Trinajstić information content (AvgIpc) is 3.35. The fourth-order valence-corrected chi connectivity index (χ4v) is 3.26. The number of aromatic nitrogens is 4. The summed E-state index contributed by atoms with van der Waals surface area (Å²) in [6, 6.07) is 9.10. The van der Waals surface area contributed by atoms with E-state index in [2.05, 4.69) is 15.2 Å². The van der Waals surface area contributed by atoms with Crippen LogP contribution in [0, 0.1) is 0 Å². The number of nitrogens with zero attached hydrogens (tertiary/aromatic N) is 4. The van der Waals surface area contributed by atoms with Crippen molar-refractivity contribution in [1.82, 2.24) is 19.7 Å². The van der Waals surface area contributed by atoms with Crippen LogP contribution in [0.4, 0.5) is 17.6 Å². The normalized spacial score (nSPS) is 11.7. The minimum absolute atomic E-state index is 0.00858. The Morgan fingerprint density at radius 3 is 2.32 bits per heavy atom. The molecule has 0 aliphatic rings. The smallest absolute Gasteiger partial charge is 0.314 e. The number of fused-ring (bicyclic) bond motifs is 1. The number of hydrogen-bond donors (Lipinski definition) is 0. The number of alkyl halides is 4. The third kappa shape index (κ3) is 4.13. The molecule has 0 fully saturated rings. The number of halogens is 6. The summed E-state index contributed by atoms with van der Waals surface area (Å²) in [5.41, 5.74) is 1.57. The summed E-state index contributed by atoms with van der Waals surface area (Å²) in [5, 5.41) is 7.17. The van der Waals surface area contributed by atoms with E-state index in [1.54, 1.807) is 12.1 Å². The number of rotatable bonds is 6. The van der Waals surface area contributed by atoms with Gasteiger partial charge in [-0.15, -0.1) is 10.2 Å². The fourth-order valence-electron chi connectivity index (χ4n) is 2.94. The Kier molecular flexibility index (Phi) is 5.67. The van der Waals surface area contributed by atoms with Crippen LogP contribution in [-0.4, -0.2) is 32.0 Å². The van der Waals surface area contributed by atoms with Crippen LogP contribution >= 0.6 is 23.2 Å². The standard InChI is InChI=1S/C19H10Cl2F4N4O2/c20-10-5-12-13(6-11(10)21)29(17(26-12)14(30)15(22)23)7-8-1-3-9(4-2-8)18-27-28-19(31-18)16(24)25/h1-6,15-16H,7H2. The van der Waals surface area contributed by atoms with Gasteiger partial charge >= 0.3 is 12.9 Å². The van der Waals surface area contributed by atoms with Crippen LogP contribution in [0.5, 0.6) is 0 Å². The lowest BCUT2D eigenvalue weighted by atomic mass is 10.1.